The molecule has 0 unspecified atom stereocenters. The number of hydrogen-bond donors (Lipinski definition) is 2. The first-order chi connectivity index (χ1) is 14.1. The van der Waals surface area contributed by atoms with Gasteiger partial charge in [0, 0.05) is 10.5 Å². The first kappa shape index (κ1) is 20.1. The van der Waals surface area contributed by atoms with Crippen molar-refractivity contribution in [1.82, 2.24) is 20.1 Å². The summed E-state index contributed by atoms with van der Waals surface area (Å²) >= 11 is 6.34. The molecular weight excluding hydrogens is 474 g/mol. The summed E-state index contributed by atoms with van der Waals surface area (Å²) in [6.45, 7) is -0.0868. The summed E-state index contributed by atoms with van der Waals surface area (Å²) in [5.41, 5.74) is 0.666. The Balaban J connectivity index is 1.30. The van der Waals surface area contributed by atoms with Crippen LogP contribution in [0.15, 0.2) is 51.4 Å². The molecule has 4 rings (SSSR count). The lowest BCUT2D eigenvalue weighted by Gasteiger charge is -2.09. The molecular formula is C19H18BrN5O2S2. The topological polar surface area (TPSA) is 88.9 Å². The molecule has 0 saturated heterocycles. The van der Waals surface area contributed by atoms with E-state index in [0.717, 1.165) is 33.2 Å². The van der Waals surface area contributed by atoms with Gasteiger partial charge < -0.3 is 10.6 Å². The molecule has 10 heteroatoms. The zero-order valence-electron chi connectivity index (χ0n) is 15.3. The predicted octanol–water partition coefficient (Wildman–Crippen LogP) is 3.95. The highest BCUT2D eigenvalue weighted by atomic mass is 79.9. The summed E-state index contributed by atoms with van der Waals surface area (Å²) < 4.78 is 2.92. The van der Waals surface area contributed by atoms with Crippen LogP contribution in [-0.4, -0.2) is 38.9 Å². The molecule has 1 aromatic carbocycles. The second kappa shape index (κ2) is 9.10. The lowest BCUT2D eigenvalue weighted by atomic mass is 10.3. The number of rotatable bonds is 8. The molecule has 2 amide bonds. The van der Waals surface area contributed by atoms with Crippen LogP contribution in [0, 0.1) is 0 Å². The first-order valence-corrected chi connectivity index (χ1v) is 11.7. The van der Waals surface area contributed by atoms with Crippen LogP contribution in [-0.2, 0) is 9.59 Å². The van der Waals surface area contributed by atoms with Crippen LogP contribution < -0.4 is 10.6 Å². The normalized spacial score (nSPS) is 13.3. The number of nitrogens with one attached hydrogen (secondary N) is 2. The lowest BCUT2D eigenvalue weighted by Crippen LogP contribution is -2.34. The fourth-order valence-corrected chi connectivity index (χ4v) is 4.65. The van der Waals surface area contributed by atoms with E-state index in [1.165, 1.54) is 11.8 Å². The fourth-order valence-electron chi connectivity index (χ4n) is 2.73. The van der Waals surface area contributed by atoms with Crippen LogP contribution in [0.5, 0.6) is 0 Å². The van der Waals surface area contributed by atoms with Gasteiger partial charge in [0.05, 0.1) is 22.9 Å². The van der Waals surface area contributed by atoms with E-state index in [2.05, 4.69) is 41.3 Å². The molecule has 0 radical (unpaired) electrons. The van der Waals surface area contributed by atoms with Gasteiger partial charge >= 0.3 is 0 Å². The van der Waals surface area contributed by atoms with Crippen molar-refractivity contribution >= 4 is 56.5 Å². The Bertz CT molecular complexity index is 1020. The van der Waals surface area contributed by atoms with E-state index in [1.54, 1.807) is 17.4 Å². The van der Waals surface area contributed by atoms with Crippen LogP contribution in [0.2, 0.25) is 0 Å². The van der Waals surface area contributed by atoms with Crippen LogP contribution in [0.1, 0.15) is 18.9 Å². The minimum Gasteiger partial charge on any atom is -0.346 e. The van der Waals surface area contributed by atoms with Crippen LogP contribution in [0.4, 0.5) is 5.69 Å². The molecule has 0 atom stereocenters. The highest BCUT2D eigenvalue weighted by Crippen LogP contribution is 2.41. The Morgan fingerprint density at radius 1 is 1.17 bits per heavy atom. The molecule has 1 fully saturated rings. The average molecular weight is 492 g/mol. The summed E-state index contributed by atoms with van der Waals surface area (Å²) in [4.78, 5) is 25.3. The van der Waals surface area contributed by atoms with Crippen molar-refractivity contribution < 1.29 is 9.59 Å². The third kappa shape index (κ3) is 5.06. The van der Waals surface area contributed by atoms with Gasteiger partial charge in [0.1, 0.15) is 0 Å². The number of anilines is 1. The van der Waals surface area contributed by atoms with Crippen molar-refractivity contribution in [3.63, 3.8) is 0 Å². The molecule has 2 aromatic heterocycles. The Morgan fingerprint density at radius 3 is 2.72 bits per heavy atom. The largest absolute Gasteiger partial charge is 0.346 e. The van der Waals surface area contributed by atoms with E-state index in [0.29, 0.717) is 11.7 Å². The molecule has 1 saturated carbocycles. The molecule has 2 N–H and O–H groups in total. The fraction of sp³-hybridized carbons (Fsp3) is 0.263. The minimum absolute atomic E-state index is 0.0868. The Kier molecular flexibility index (Phi) is 6.31. The molecule has 3 aromatic rings. The second-order valence-corrected chi connectivity index (χ2v) is 9.22. The van der Waals surface area contributed by atoms with Gasteiger partial charge in [-0.3, -0.25) is 14.2 Å². The van der Waals surface area contributed by atoms with Gasteiger partial charge in [-0.1, -0.05) is 30.0 Å². The second-order valence-electron chi connectivity index (χ2n) is 6.48. The molecule has 0 bridgehead atoms. The highest BCUT2D eigenvalue weighted by molar-refractivity contribution is 9.10. The van der Waals surface area contributed by atoms with Gasteiger partial charge in [-0.25, -0.2) is 0 Å². The quantitative estimate of drug-likeness (QED) is 0.465. The summed E-state index contributed by atoms with van der Waals surface area (Å²) in [5.74, 6) is 0.535. The summed E-state index contributed by atoms with van der Waals surface area (Å²) in [6, 6.07) is 11.7. The Hall–Kier alpha value is -2.17. The van der Waals surface area contributed by atoms with Crippen molar-refractivity contribution in [2.75, 3.05) is 17.6 Å². The van der Waals surface area contributed by atoms with Crippen LogP contribution in [0.3, 0.4) is 0 Å². The summed E-state index contributed by atoms with van der Waals surface area (Å²) in [6.07, 6.45) is 2.21. The van der Waals surface area contributed by atoms with Gasteiger partial charge in [0.25, 0.3) is 0 Å². The third-order valence-corrected chi connectivity index (χ3v) is 6.74. The van der Waals surface area contributed by atoms with Crippen molar-refractivity contribution in [1.29, 1.82) is 0 Å². The Morgan fingerprint density at radius 2 is 2.00 bits per heavy atom. The number of carbonyl (C=O) groups is 2. The SMILES string of the molecule is O=C(CSc1nnc(-c2cccs2)n1C1CC1)NCC(=O)Nc1ccccc1Br. The van der Waals surface area contributed by atoms with Crippen molar-refractivity contribution in [3.8, 4) is 10.7 Å². The number of carbonyl (C=O) groups excluding carboxylic acids is 2. The lowest BCUT2D eigenvalue weighted by molar-refractivity contribution is -0.122. The number of benzene rings is 1. The van der Waals surface area contributed by atoms with E-state index >= 15 is 0 Å². The number of hydrogen-bond acceptors (Lipinski definition) is 6. The van der Waals surface area contributed by atoms with E-state index in [9.17, 15) is 9.59 Å². The maximum absolute atomic E-state index is 12.2. The Labute approximate surface area is 184 Å². The molecule has 1 aliphatic rings. The molecule has 1 aliphatic carbocycles. The van der Waals surface area contributed by atoms with Crippen LogP contribution in [0.25, 0.3) is 10.7 Å². The number of para-hydroxylation sites is 1. The van der Waals surface area contributed by atoms with E-state index in [1.807, 2.05) is 35.7 Å². The summed E-state index contributed by atoms with van der Waals surface area (Å²) in [5, 5.41) is 16.8. The van der Waals surface area contributed by atoms with E-state index < -0.39 is 0 Å². The molecule has 7 nitrogen and oxygen atoms in total. The maximum Gasteiger partial charge on any atom is 0.243 e. The number of thiophene rings is 1. The first-order valence-electron chi connectivity index (χ1n) is 9.04. The monoisotopic (exact) mass is 491 g/mol. The molecule has 0 spiro atoms. The third-order valence-electron chi connectivity index (χ3n) is 4.24. The average Bonchev–Trinajstić information content (AvgIpc) is 3.24. The standard InChI is InChI=1S/C19H18BrN5O2S2/c20-13-4-1-2-5-14(13)22-16(26)10-21-17(27)11-29-19-24-23-18(15-6-3-9-28-15)25(19)12-7-8-12/h1-6,9,12H,7-8,10-11H2,(H,21,27)(H,22,26). The predicted molar refractivity (Wildman–Crippen MR) is 118 cm³/mol. The van der Waals surface area contributed by atoms with E-state index in [-0.39, 0.29) is 24.1 Å². The minimum atomic E-state index is -0.281. The van der Waals surface area contributed by atoms with Crippen molar-refractivity contribution in [3.05, 3.63) is 46.3 Å². The number of aromatic nitrogens is 3. The number of thioether (sulfide) groups is 1. The van der Waals surface area contributed by atoms with Crippen molar-refractivity contribution in [2.24, 2.45) is 0 Å². The maximum atomic E-state index is 12.2. The number of halogens is 1. The smallest absolute Gasteiger partial charge is 0.243 e. The molecule has 0 aliphatic heterocycles. The van der Waals surface area contributed by atoms with Crippen LogP contribution >= 0.6 is 39.0 Å². The molecule has 29 heavy (non-hydrogen) atoms. The number of amides is 2. The molecule has 150 valence electrons. The van der Waals surface area contributed by atoms with Gasteiger partial charge in [0.2, 0.25) is 11.8 Å². The number of nitrogens with zero attached hydrogens (tertiary/aromatic N) is 3. The van der Waals surface area contributed by atoms with Gasteiger partial charge in [-0.05, 0) is 52.4 Å². The van der Waals surface area contributed by atoms with Crippen molar-refractivity contribution in [2.45, 2.75) is 24.0 Å². The van der Waals surface area contributed by atoms with E-state index in [4.69, 9.17) is 0 Å². The highest BCUT2D eigenvalue weighted by Gasteiger charge is 2.30. The van der Waals surface area contributed by atoms with Gasteiger partial charge in [-0.15, -0.1) is 21.5 Å². The van der Waals surface area contributed by atoms with Gasteiger partial charge in [0.15, 0.2) is 11.0 Å². The zero-order chi connectivity index (χ0) is 20.2. The zero-order valence-corrected chi connectivity index (χ0v) is 18.5. The summed E-state index contributed by atoms with van der Waals surface area (Å²) in [7, 11) is 0. The molecule has 2 heterocycles. The van der Waals surface area contributed by atoms with Gasteiger partial charge in [-0.2, -0.15) is 0 Å².